The summed E-state index contributed by atoms with van der Waals surface area (Å²) in [4.78, 5) is 50.7. The first kappa shape index (κ1) is 28.1. The van der Waals surface area contributed by atoms with Crippen molar-refractivity contribution in [1.29, 1.82) is 0 Å². The van der Waals surface area contributed by atoms with Gasteiger partial charge in [-0.1, -0.05) is 6.58 Å². The van der Waals surface area contributed by atoms with Crippen LogP contribution in [0.2, 0.25) is 0 Å². The molecule has 0 atom stereocenters. The summed E-state index contributed by atoms with van der Waals surface area (Å²) in [5.41, 5.74) is -2.82. The van der Waals surface area contributed by atoms with Crippen molar-refractivity contribution >= 4 is 57.2 Å². The van der Waals surface area contributed by atoms with E-state index >= 15 is 13.2 Å². The largest absolute Gasteiger partial charge is 0.417 e. The fraction of sp³-hybridized carbons (Fsp3) is 0.357. The first-order valence-electron chi connectivity index (χ1n) is 13.5. The van der Waals surface area contributed by atoms with E-state index in [1.165, 1.54) is 28.5 Å². The number of benzene rings is 2. The predicted molar refractivity (Wildman–Crippen MR) is 158 cm³/mol. The lowest BCUT2D eigenvalue weighted by molar-refractivity contribution is -0.137. The number of aromatic amines is 2. The highest BCUT2D eigenvalue weighted by Crippen LogP contribution is 2.53. The standard InChI is InChI=1S/C28H24F4N6O3S2/c1-2-18(39)36-5-7-37(8-6-36)24-15-9-16(28(30,31)32)19(14-3-4-17(29)21-20(14)33-25(40)34-21)23-22(15)38(26(41)35-24)10-27(13-43-23)11-42-12-27/h2-4,9H,1,5-8,10-13H2,(H2,33,34,40). The molecule has 2 aromatic heterocycles. The number of hydrogen-bond acceptors (Lipinski definition) is 7. The fourth-order valence-corrected chi connectivity index (χ4v) is 9.04. The second kappa shape index (κ2) is 9.91. The van der Waals surface area contributed by atoms with Gasteiger partial charge in [0.2, 0.25) is 5.91 Å². The van der Waals surface area contributed by atoms with Crippen LogP contribution in [-0.2, 0) is 17.5 Å². The van der Waals surface area contributed by atoms with Crippen molar-refractivity contribution in [1.82, 2.24) is 24.4 Å². The first-order chi connectivity index (χ1) is 20.5. The molecule has 1 spiro atoms. The van der Waals surface area contributed by atoms with E-state index < -0.39 is 28.9 Å². The predicted octanol–water partition coefficient (Wildman–Crippen LogP) is 4.06. The van der Waals surface area contributed by atoms with Gasteiger partial charge in [-0.2, -0.15) is 29.9 Å². The molecular formula is C28H24F4N6O3S2. The molecule has 1 amide bonds. The van der Waals surface area contributed by atoms with Gasteiger partial charge in [-0.05, 0) is 24.3 Å². The Labute approximate surface area is 249 Å². The summed E-state index contributed by atoms with van der Waals surface area (Å²) in [6, 6.07) is 3.27. The number of piperazine rings is 1. The second-order valence-electron chi connectivity index (χ2n) is 11.0. The summed E-state index contributed by atoms with van der Waals surface area (Å²) < 4.78 is 61.2. The number of alkyl halides is 3. The van der Waals surface area contributed by atoms with Crippen molar-refractivity contribution in [3.05, 3.63) is 63.2 Å². The van der Waals surface area contributed by atoms with E-state index in [4.69, 9.17) is 0 Å². The van der Waals surface area contributed by atoms with Gasteiger partial charge in [-0.15, -0.1) is 11.8 Å². The van der Waals surface area contributed by atoms with Crippen molar-refractivity contribution in [3.63, 3.8) is 0 Å². The summed E-state index contributed by atoms with van der Waals surface area (Å²) in [5.74, 6) is 1.05. The van der Waals surface area contributed by atoms with Crippen LogP contribution in [0.25, 0.3) is 33.1 Å². The number of carbonyl (C=O) groups is 1. The lowest BCUT2D eigenvalue weighted by atomic mass is 9.93. The SMILES string of the molecule is C=CC(=O)N1CCN(c2nc(=O)n3c4c(c(-c5ccc(F)c6[nH]c(=O)[nH]c56)c(C(F)(F)F)cc24)SCC2(CSC2)C3)CC1. The zero-order chi connectivity index (χ0) is 30.3. The molecule has 2 aromatic carbocycles. The average molecular weight is 633 g/mol. The maximum absolute atomic E-state index is 15.0. The van der Waals surface area contributed by atoms with Gasteiger partial charge in [0, 0.05) is 76.8 Å². The minimum atomic E-state index is -4.85. The van der Waals surface area contributed by atoms with E-state index in [-0.39, 0.29) is 75.8 Å². The number of nitrogens with zero attached hydrogens (tertiary/aromatic N) is 4. The van der Waals surface area contributed by atoms with Crippen molar-refractivity contribution < 1.29 is 22.4 Å². The average Bonchev–Trinajstić information content (AvgIpc) is 3.25. The summed E-state index contributed by atoms with van der Waals surface area (Å²) in [6.07, 6.45) is -3.64. The fourth-order valence-electron chi connectivity index (χ4n) is 6.15. The van der Waals surface area contributed by atoms with E-state index in [1.54, 1.807) is 21.6 Å². The number of thioether (sulfide) groups is 2. The molecule has 2 saturated heterocycles. The quantitative estimate of drug-likeness (QED) is 0.259. The highest BCUT2D eigenvalue weighted by Gasteiger charge is 2.44. The number of amides is 1. The van der Waals surface area contributed by atoms with E-state index in [0.29, 0.717) is 17.8 Å². The third kappa shape index (κ3) is 4.46. The molecule has 0 radical (unpaired) electrons. The lowest BCUT2D eigenvalue weighted by Gasteiger charge is -2.40. The molecule has 5 heterocycles. The van der Waals surface area contributed by atoms with Crippen LogP contribution in [0.1, 0.15) is 5.56 Å². The monoisotopic (exact) mass is 632 g/mol. The van der Waals surface area contributed by atoms with Gasteiger partial charge in [-0.3, -0.25) is 9.36 Å². The minimum Gasteiger partial charge on any atom is -0.352 e. The molecular weight excluding hydrogens is 608 g/mol. The van der Waals surface area contributed by atoms with Crippen molar-refractivity contribution in [3.8, 4) is 11.1 Å². The number of imidazole rings is 1. The van der Waals surface area contributed by atoms with Crippen LogP contribution in [0, 0.1) is 11.2 Å². The van der Waals surface area contributed by atoms with E-state index in [2.05, 4.69) is 21.5 Å². The molecule has 3 aliphatic heterocycles. The van der Waals surface area contributed by atoms with Gasteiger partial charge >= 0.3 is 17.6 Å². The zero-order valence-corrected chi connectivity index (χ0v) is 24.1. The summed E-state index contributed by atoms with van der Waals surface area (Å²) in [6.45, 7) is 4.92. The normalized spacial score (nSPS) is 18.2. The van der Waals surface area contributed by atoms with Crippen LogP contribution in [0.5, 0.6) is 0 Å². The van der Waals surface area contributed by atoms with Gasteiger partial charge in [0.15, 0.2) is 0 Å². The van der Waals surface area contributed by atoms with Crippen LogP contribution >= 0.6 is 23.5 Å². The summed E-state index contributed by atoms with van der Waals surface area (Å²) in [7, 11) is 0. The molecule has 0 aliphatic carbocycles. The van der Waals surface area contributed by atoms with Crippen molar-refractivity contribution in [2.45, 2.75) is 17.6 Å². The topological polar surface area (TPSA) is 107 Å². The van der Waals surface area contributed by atoms with Gasteiger partial charge < -0.3 is 19.8 Å². The second-order valence-corrected chi connectivity index (χ2v) is 13.0. The molecule has 4 aromatic rings. The number of halogens is 4. The lowest BCUT2D eigenvalue weighted by Crippen LogP contribution is -2.49. The van der Waals surface area contributed by atoms with E-state index in [9.17, 15) is 18.8 Å². The molecule has 224 valence electrons. The summed E-state index contributed by atoms with van der Waals surface area (Å²) in [5, 5.41) is 0.173. The number of carbonyl (C=O) groups excluding carboxylic acids is 1. The Hall–Kier alpha value is -3.72. The molecule has 0 unspecified atom stereocenters. The zero-order valence-electron chi connectivity index (χ0n) is 22.5. The number of H-pyrrole nitrogens is 2. The third-order valence-electron chi connectivity index (χ3n) is 8.30. The van der Waals surface area contributed by atoms with E-state index in [1.807, 2.05) is 0 Å². The molecule has 0 bridgehead atoms. The van der Waals surface area contributed by atoms with Gasteiger partial charge in [0.05, 0.1) is 16.6 Å². The molecule has 2 N–H and O–H groups in total. The Morgan fingerprint density at radius 3 is 2.44 bits per heavy atom. The van der Waals surface area contributed by atoms with Crippen LogP contribution in [-0.4, -0.2) is 73.8 Å². The number of fused-ring (bicyclic) bond motifs is 1. The maximum atomic E-state index is 15.0. The van der Waals surface area contributed by atoms with E-state index in [0.717, 1.165) is 23.6 Å². The Kier molecular flexibility index (Phi) is 6.47. The Morgan fingerprint density at radius 2 is 1.79 bits per heavy atom. The third-order valence-corrected chi connectivity index (χ3v) is 11.4. The van der Waals surface area contributed by atoms with Crippen LogP contribution in [0.4, 0.5) is 23.4 Å². The molecule has 7 rings (SSSR count). The first-order valence-corrected chi connectivity index (χ1v) is 15.6. The minimum absolute atomic E-state index is 0.000627. The molecule has 0 saturated carbocycles. The number of anilines is 1. The van der Waals surface area contributed by atoms with Gasteiger partial charge in [0.25, 0.3) is 0 Å². The van der Waals surface area contributed by atoms with Crippen molar-refractivity contribution in [2.75, 3.05) is 48.3 Å². The number of rotatable bonds is 3. The molecule has 9 nitrogen and oxygen atoms in total. The van der Waals surface area contributed by atoms with Gasteiger partial charge in [0.1, 0.15) is 17.2 Å². The van der Waals surface area contributed by atoms with Crippen LogP contribution in [0.3, 0.4) is 0 Å². The smallest absolute Gasteiger partial charge is 0.352 e. The molecule has 15 heteroatoms. The molecule has 3 aliphatic rings. The Balaban J connectivity index is 1.53. The molecule has 43 heavy (non-hydrogen) atoms. The number of hydrogen-bond donors (Lipinski definition) is 2. The van der Waals surface area contributed by atoms with Gasteiger partial charge in [-0.25, -0.2) is 14.0 Å². The Bertz CT molecular complexity index is 1950. The Morgan fingerprint density at radius 1 is 1.07 bits per heavy atom. The highest BCUT2D eigenvalue weighted by molar-refractivity contribution is 8.01. The summed E-state index contributed by atoms with van der Waals surface area (Å²) >= 11 is 2.96. The number of aromatic nitrogens is 4. The van der Waals surface area contributed by atoms with Crippen LogP contribution in [0.15, 0.2) is 45.3 Å². The van der Waals surface area contributed by atoms with Crippen molar-refractivity contribution in [2.24, 2.45) is 5.41 Å². The van der Waals surface area contributed by atoms with Crippen LogP contribution < -0.4 is 16.3 Å². The molecule has 2 fully saturated rings. The number of nitrogens with one attached hydrogen (secondary N) is 2. The highest BCUT2D eigenvalue weighted by atomic mass is 32.2. The maximum Gasteiger partial charge on any atom is 0.417 e.